The van der Waals surface area contributed by atoms with Gasteiger partial charge in [0.1, 0.15) is 0 Å². The Bertz CT molecular complexity index is 415. The van der Waals surface area contributed by atoms with Crippen LogP contribution in [0.1, 0.15) is 53.3 Å². The van der Waals surface area contributed by atoms with Crippen molar-refractivity contribution in [1.29, 1.82) is 0 Å². The van der Waals surface area contributed by atoms with Crippen LogP contribution in [0.5, 0.6) is 0 Å². The third-order valence-corrected chi connectivity index (χ3v) is 2.69. The van der Waals surface area contributed by atoms with Crippen LogP contribution in [0.2, 0.25) is 0 Å². The standard InChI is InChI=1S/C14H19NO3/c1-2-3-4-5-9-15-13(16)11-7-6-8-12(10-11)14(17)18/h6-8,10H,2-5,9H2,1H3,(H,15,16)(H,17,18). The Morgan fingerprint density at radius 3 is 2.56 bits per heavy atom. The summed E-state index contributed by atoms with van der Waals surface area (Å²) in [5.74, 6) is -1.23. The minimum atomic E-state index is -1.02. The molecule has 0 saturated heterocycles. The van der Waals surface area contributed by atoms with Gasteiger partial charge < -0.3 is 10.4 Å². The zero-order valence-corrected chi connectivity index (χ0v) is 10.6. The van der Waals surface area contributed by atoms with E-state index in [9.17, 15) is 9.59 Å². The third-order valence-electron chi connectivity index (χ3n) is 2.69. The molecule has 0 bridgehead atoms. The lowest BCUT2D eigenvalue weighted by atomic mass is 10.1. The number of aromatic carboxylic acids is 1. The molecule has 0 aromatic heterocycles. The number of unbranched alkanes of at least 4 members (excludes halogenated alkanes) is 3. The Morgan fingerprint density at radius 2 is 1.89 bits per heavy atom. The van der Waals surface area contributed by atoms with Gasteiger partial charge in [0, 0.05) is 12.1 Å². The normalized spacial score (nSPS) is 10.1. The molecule has 18 heavy (non-hydrogen) atoms. The molecule has 0 aliphatic rings. The first-order valence-electron chi connectivity index (χ1n) is 6.26. The Hall–Kier alpha value is -1.84. The van der Waals surface area contributed by atoms with Crippen LogP contribution in [-0.2, 0) is 0 Å². The van der Waals surface area contributed by atoms with Gasteiger partial charge in [-0.3, -0.25) is 4.79 Å². The summed E-state index contributed by atoms with van der Waals surface area (Å²) in [6, 6.07) is 6.06. The summed E-state index contributed by atoms with van der Waals surface area (Å²) in [5, 5.41) is 11.6. The van der Waals surface area contributed by atoms with E-state index < -0.39 is 5.97 Å². The lowest BCUT2D eigenvalue weighted by Crippen LogP contribution is -2.24. The molecule has 0 spiro atoms. The van der Waals surface area contributed by atoms with Gasteiger partial charge in [-0.05, 0) is 24.6 Å². The number of carboxylic acid groups (broad SMARTS) is 1. The number of carbonyl (C=O) groups excluding carboxylic acids is 1. The fourth-order valence-electron chi connectivity index (χ4n) is 1.65. The molecule has 1 aromatic carbocycles. The maximum atomic E-state index is 11.7. The monoisotopic (exact) mass is 249 g/mol. The quantitative estimate of drug-likeness (QED) is 0.730. The van der Waals surface area contributed by atoms with Crippen LogP contribution in [0.15, 0.2) is 24.3 Å². The van der Waals surface area contributed by atoms with E-state index in [0.29, 0.717) is 12.1 Å². The number of carbonyl (C=O) groups is 2. The molecule has 0 atom stereocenters. The highest BCUT2D eigenvalue weighted by molar-refractivity contribution is 5.97. The summed E-state index contributed by atoms with van der Waals surface area (Å²) < 4.78 is 0. The lowest BCUT2D eigenvalue weighted by molar-refractivity contribution is 0.0697. The van der Waals surface area contributed by atoms with Crippen LogP contribution in [0.3, 0.4) is 0 Å². The molecule has 1 rings (SSSR count). The molecule has 2 N–H and O–H groups in total. The second-order valence-electron chi connectivity index (χ2n) is 4.20. The van der Waals surface area contributed by atoms with Gasteiger partial charge in [-0.25, -0.2) is 4.79 Å². The summed E-state index contributed by atoms with van der Waals surface area (Å²) in [6.45, 7) is 2.77. The highest BCUT2D eigenvalue weighted by Gasteiger charge is 2.08. The van der Waals surface area contributed by atoms with Crippen molar-refractivity contribution >= 4 is 11.9 Å². The lowest BCUT2D eigenvalue weighted by Gasteiger charge is -2.05. The molecule has 98 valence electrons. The number of benzene rings is 1. The summed E-state index contributed by atoms with van der Waals surface area (Å²) in [7, 11) is 0. The molecule has 0 saturated carbocycles. The van der Waals surface area contributed by atoms with Gasteiger partial charge in [-0.15, -0.1) is 0 Å². The van der Waals surface area contributed by atoms with E-state index in [1.807, 2.05) is 0 Å². The summed E-state index contributed by atoms with van der Waals surface area (Å²) in [6.07, 6.45) is 4.39. The minimum absolute atomic E-state index is 0.133. The number of rotatable bonds is 7. The number of hydrogen-bond acceptors (Lipinski definition) is 2. The predicted octanol–water partition coefficient (Wildman–Crippen LogP) is 2.69. The van der Waals surface area contributed by atoms with Crippen LogP contribution >= 0.6 is 0 Å². The van der Waals surface area contributed by atoms with Crippen molar-refractivity contribution in [3.63, 3.8) is 0 Å². The molecule has 0 unspecified atom stereocenters. The molecule has 0 fully saturated rings. The molecule has 0 radical (unpaired) electrons. The SMILES string of the molecule is CCCCCCNC(=O)c1cccc(C(=O)O)c1. The Balaban J connectivity index is 2.46. The zero-order chi connectivity index (χ0) is 13.4. The molecule has 0 aliphatic carbocycles. The predicted molar refractivity (Wildman–Crippen MR) is 69.9 cm³/mol. The van der Waals surface area contributed by atoms with E-state index >= 15 is 0 Å². The maximum Gasteiger partial charge on any atom is 0.335 e. The average Bonchev–Trinajstić information content (AvgIpc) is 2.38. The molecule has 1 aromatic rings. The second kappa shape index (κ2) is 7.48. The molecular formula is C14H19NO3. The van der Waals surface area contributed by atoms with E-state index in [0.717, 1.165) is 19.3 Å². The molecule has 0 aliphatic heterocycles. The zero-order valence-electron chi connectivity index (χ0n) is 10.6. The first-order valence-corrected chi connectivity index (χ1v) is 6.26. The van der Waals surface area contributed by atoms with Gasteiger partial charge in [0.05, 0.1) is 5.56 Å². The summed E-state index contributed by atoms with van der Waals surface area (Å²) in [5.41, 5.74) is 0.527. The Kier molecular flexibility index (Phi) is 5.91. The van der Waals surface area contributed by atoms with Crippen LogP contribution < -0.4 is 5.32 Å². The average molecular weight is 249 g/mol. The van der Waals surface area contributed by atoms with Crippen molar-refractivity contribution < 1.29 is 14.7 Å². The van der Waals surface area contributed by atoms with E-state index in [-0.39, 0.29) is 11.5 Å². The second-order valence-corrected chi connectivity index (χ2v) is 4.20. The molecular weight excluding hydrogens is 230 g/mol. The number of hydrogen-bond donors (Lipinski definition) is 2. The van der Waals surface area contributed by atoms with E-state index in [4.69, 9.17) is 5.11 Å². The summed E-state index contributed by atoms with van der Waals surface area (Å²) in [4.78, 5) is 22.5. The first-order chi connectivity index (χ1) is 8.65. The van der Waals surface area contributed by atoms with Crippen LogP contribution in [0.4, 0.5) is 0 Å². The topological polar surface area (TPSA) is 66.4 Å². The highest BCUT2D eigenvalue weighted by Crippen LogP contribution is 2.05. The van der Waals surface area contributed by atoms with E-state index in [2.05, 4.69) is 12.2 Å². The minimum Gasteiger partial charge on any atom is -0.478 e. The Morgan fingerprint density at radius 1 is 1.17 bits per heavy atom. The van der Waals surface area contributed by atoms with Crippen LogP contribution in [0, 0.1) is 0 Å². The molecule has 1 amide bonds. The smallest absolute Gasteiger partial charge is 0.335 e. The van der Waals surface area contributed by atoms with Crippen LogP contribution in [-0.4, -0.2) is 23.5 Å². The number of amides is 1. The fraction of sp³-hybridized carbons (Fsp3) is 0.429. The van der Waals surface area contributed by atoms with Gasteiger partial charge in [0.15, 0.2) is 0 Å². The van der Waals surface area contributed by atoms with Crippen molar-refractivity contribution in [2.45, 2.75) is 32.6 Å². The van der Waals surface area contributed by atoms with Crippen LogP contribution in [0.25, 0.3) is 0 Å². The molecule has 4 heteroatoms. The summed E-state index contributed by atoms with van der Waals surface area (Å²) >= 11 is 0. The van der Waals surface area contributed by atoms with Crippen molar-refractivity contribution in [1.82, 2.24) is 5.32 Å². The first kappa shape index (κ1) is 14.2. The van der Waals surface area contributed by atoms with Crippen molar-refractivity contribution in [3.8, 4) is 0 Å². The van der Waals surface area contributed by atoms with Gasteiger partial charge in [-0.2, -0.15) is 0 Å². The van der Waals surface area contributed by atoms with Crippen molar-refractivity contribution in [3.05, 3.63) is 35.4 Å². The largest absolute Gasteiger partial charge is 0.478 e. The van der Waals surface area contributed by atoms with E-state index in [1.165, 1.54) is 18.6 Å². The van der Waals surface area contributed by atoms with Crippen molar-refractivity contribution in [2.24, 2.45) is 0 Å². The third kappa shape index (κ3) is 4.57. The fourth-order valence-corrected chi connectivity index (χ4v) is 1.65. The van der Waals surface area contributed by atoms with Gasteiger partial charge in [-0.1, -0.05) is 32.3 Å². The van der Waals surface area contributed by atoms with Gasteiger partial charge >= 0.3 is 5.97 Å². The Labute approximate surface area is 107 Å². The number of nitrogens with one attached hydrogen (secondary N) is 1. The molecule has 4 nitrogen and oxygen atoms in total. The van der Waals surface area contributed by atoms with Gasteiger partial charge in [0.2, 0.25) is 0 Å². The highest BCUT2D eigenvalue weighted by atomic mass is 16.4. The number of carboxylic acids is 1. The maximum absolute atomic E-state index is 11.7. The van der Waals surface area contributed by atoms with E-state index in [1.54, 1.807) is 12.1 Å². The van der Waals surface area contributed by atoms with Gasteiger partial charge in [0.25, 0.3) is 5.91 Å². The van der Waals surface area contributed by atoms with Crippen molar-refractivity contribution in [2.75, 3.05) is 6.54 Å². The molecule has 0 heterocycles.